The number of nitrogens with zero attached hydrogens (tertiary/aromatic N) is 6. The van der Waals surface area contributed by atoms with Gasteiger partial charge in [-0.2, -0.15) is 0 Å². The van der Waals surface area contributed by atoms with Gasteiger partial charge in [-0.25, -0.2) is 19.0 Å². The van der Waals surface area contributed by atoms with Gasteiger partial charge < -0.3 is 14.8 Å². The summed E-state index contributed by atoms with van der Waals surface area (Å²) < 4.78 is 26.6. The van der Waals surface area contributed by atoms with E-state index in [0.29, 0.717) is 16.6 Å². The van der Waals surface area contributed by atoms with Crippen molar-refractivity contribution >= 4 is 34.0 Å². The zero-order valence-corrected chi connectivity index (χ0v) is 21.7. The quantitative estimate of drug-likeness (QED) is 0.286. The first-order valence-electron chi connectivity index (χ1n) is 12.5. The highest BCUT2D eigenvalue weighted by molar-refractivity contribution is 6.32. The van der Waals surface area contributed by atoms with E-state index >= 15 is 0 Å². The Morgan fingerprint density at radius 3 is 2.77 bits per heavy atom. The summed E-state index contributed by atoms with van der Waals surface area (Å²) in [7, 11) is 0. The first kappa shape index (κ1) is 25.2. The largest absolute Gasteiger partial charge is 0.487 e. The topological polar surface area (TPSA) is 90.2 Å². The number of hydrogen-bond acceptors (Lipinski definition) is 8. The lowest BCUT2D eigenvalue weighted by Gasteiger charge is -2.26. The van der Waals surface area contributed by atoms with Gasteiger partial charge in [-0.1, -0.05) is 28.9 Å². The lowest BCUT2D eigenvalue weighted by molar-refractivity contribution is 0.0333. The molecule has 2 aromatic heterocycles. The first-order chi connectivity index (χ1) is 19.1. The number of nitrogens with one attached hydrogen (secondary N) is 1. The summed E-state index contributed by atoms with van der Waals surface area (Å²) in [5, 5.41) is 13.1. The third-order valence-electron chi connectivity index (χ3n) is 6.45. The van der Waals surface area contributed by atoms with E-state index in [-0.39, 0.29) is 12.4 Å². The molecule has 0 saturated carbocycles. The molecule has 6 rings (SSSR count). The predicted octanol–water partition coefficient (Wildman–Crippen LogP) is 5.16. The number of fused-ring (bicyclic) bond motifs is 1. The number of rotatable bonds is 8. The van der Waals surface area contributed by atoms with E-state index in [1.807, 2.05) is 28.9 Å². The molecule has 9 nitrogen and oxygen atoms in total. The molecule has 39 heavy (non-hydrogen) atoms. The van der Waals surface area contributed by atoms with E-state index in [2.05, 4.69) is 30.5 Å². The average Bonchev–Trinajstić information content (AvgIpc) is 3.41. The standard InChI is InChI=1S/C28H25ClFN7O2/c29-25-13-21(4-7-27(25)39-17-19-2-1-3-20(30)12-19)34-28-24-14-22(5-6-26(24)31-18-32-28)37-23(15-33-35-37)16-36-8-10-38-11-9-36/h1-7,12-15,18H,8-11,16-17H2,(H,31,32,34). The highest BCUT2D eigenvalue weighted by Gasteiger charge is 2.16. The van der Waals surface area contributed by atoms with Gasteiger partial charge in [0.25, 0.3) is 0 Å². The van der Waals surface area contributed by atoms with Crippen LogP contribution in [-0.2, 0) is 17.9 Å². The highest BCUT2D eigenvalue weighted by Crippen LogP contribution is 2.31. The molecule has 0 aliphatic carbocycles. The van der Waals surface area contributed by atoms with Crippen LogP contribution < -0.4 is 10.1 Å². The third kappa shape index (κ3) is 5.83. The maximum absolute atomic E-state index is 13.4. The molecule has 0 radical (unpaired) electrons. The van der Waals surface area contributed by atoms with Crippen LogP contribution in [0.2, 0.25) is 5.02 Å². The van der Waals surface area contributed by atoms with Gasteiger partial charge in [0.05, 0.1) is 41.3 Å². The molecule has 3 aromatic carbocycles. The second-order valence-electron chi connectivity index (χ2n) is 9.14. The van der Waals surface area contributed by atoms with Crippen LogP contribution in [0.4, 0.5) is 15.9 Å². The Labute approximate surface area is 229 Å². The SMILES string of the molecule is Fc1cccc(COc2ccc(Nc3ncnc4ccc(-n5nncc5CN5CCOCC5)cc34)cc2Cl)c1. The van der Waals surface area contributed by atoms with E-state index in [1.165, 1.54) is 18.5 Å². The minimum Gasteiger partial charge on any atom is -0.487 e. The second kappa shape index (κ2) is 11.3. The number of ether oxygens (including phenoxy) is 2. The van der Waals surface area contributed by atoms with Crippen molar-refractivity contribution in [3.63, 3.8) is 0 Å². The molecule has 1 aliphatic rings. The van der Waals surface area contributed by atoms with Gasteiger partial charge in [0.15, 0.2) is 0 Å². The molecule has 1 aliphatic heterocycles. The van der Waals surface area contributed by atoms with Crippen LogP contribution in [0.25, 0.3) is 16.6 Å². The lowest BCUT2D eigenvalue weighted by Crippen LogP contribution is -2.36. The van der Waals surface area contributed by atoms with Crippen molar-refractivity contribution in [2.24, 2.45) is 0 Å². The van der Waals surface area contributed by atoms with E-state index < -0.39 is 0 Å². The number of halogens is 2. The molecule has 0 unspecified atom stereocenters. The monoisotopic (exact) mass is 545 g/mol. The van der Waals surface area contributed by atoms with Crippen molar-refractivity contribution in [1.82, 2.24) is 29.9 Å². The molecule has 5 aromatic rings. The summed E-state index contributed by atoms with van der Waals surface area (Å²) in [6.07, 6.45) is 3.31. The molecule has 1 saturated heterocycles. The summed E-state index contributed by atoms with van der Waals surface area (Å²) in [6, 6.07) is 17.6. The van der Waals surface area contributed by atoms with Gasteiger partial charge in [-0.3, -0.25) is 4.90 Å². The van der Waals surface area contributed by atoms with Gasteiger partial charge >= 0.3 is 0 Å². The lowest BCUT2D eigenvalue weighted by atomic mass is 10.2. The minimum atomic E-state index is -0.306. The van der Waals surface area contributed by atoms with Crippen LogP contribution in [0.5, 0.6) is 5.75 Å². The zero-order valence-electron chi connectivity index (χ0n) is 20.9. The Bertz CT molecular complexity index is 1610. The second-order valence-corrected chi connectivity index (χ2v) is 9.55. The van der Waals surface area contributed by atoms with Crippen LogP contribution in [0.1, 0.15) is 11.3 Å². The number of aromatic nitrogens is 5. The Morgan fingerprint density at radius 1 is 1.03 bits per heavy atom. The van der Waals surface area contributed by atoms with Crippen LogP contribution in [0, 0.1) is 5.82 Å². The van der Waals surface area contributed by atoms with Crippen molar-refractivity contribution in [3.8, 4) is 11.4 Å². The fraction of sp³-hybridized carbons (Fsp3) is 0.214. The molecule has 11 heteroatoms. The minimum absolute atomic E-state index is 0.208. The van der Waals surface area contributed by atoms with Crippen LogP contribution in [0.3, 0.4) is 0 Å². The van der Waals surface area contributed by atoms with Crippen molar-refractivity contribution in [1.29, 1.82) is 0 Å². The molecular weight excluding hydrogens is 521 g/mol. The fourth-order valence-corrected chi connectivity index (χ4v) is 4.70. The maximum atomic E-state index is 13.4. The average molecular weight is 546 g/mol. The zero-order chi connectivity index (χ0) is 26.6. The molecule has 0 bridgehead atoms. The molecule has 0 spiro atoms. The first-order valence-corrected chi connectivity index (χ1v) is 12.9. The Hall–Kier alpha value is -4.12. The molecule has 3 heterocycles. The fourth-order valence-electron chi connectivity index (χ4n) is 4.47. The van der Waals surface area contributed by atoms with Crippen molar-refractivity contribution in [2.75, 3.05) is 31.6 Å². The summed E-state index contributed by atoms with van der Waals surface area (Å²) >= 11 is 6.50. The number of benzene rings is 3. The number of hydrogen-bond donors (Lipinski definition) is 1. The van der Waals surface area contributed by atoms with Crippen molar-refractivity contribution in [2.45, 2.75) is 13.2 Å². The third-order valence-corrected chi connectivity index (χ3v) is 6.75. The predicted molar refractivity (Wildman–Crippen MR) is 146 cm³/mol. The molecule has 0 amide bonds. The molecule has 1 N–H and O–H groups in total. The van der Waals surface area contributed by atoms with Crippen LogP contribution in [0.15, 0.2) is 73.2 Å². The Kier molecular flexibility index (Phi) is 7.31. The number of anilines is 2. The Balaban J connectivity index is 1.22. The van der Waals surface area contributed by atoms with Gasteiger partial charge in [0.2, 0.25) is 0 Å². The summed E-state index contributed by atoms with van der Waals surface area (Å²) in [6.45, 7) is 4.16. The van der Waals surface area contributed by atoms with E-state index in [0.717, 1.165) is 66.4 Å². The number of morpholine rings is 1. The van der Waals surface area contributed by atoms with E-state index in [9.17, 15) is 4.39 Å². The van der Waals surface area contributed by atoms with Crippen molar-refractivity contribution < 1.29 is 13.9 Å². The molecular formula is C28H25ClFN7O2. The molecule has 0 atom stereocenters. The van der Waals surface area contributed by atoms with Gasteiger partial charge in [0, 0.05) is 30.7 Å². The van der Waals surface area contributed by atoms with E-state index in [4.69, 9.17) is 21.1 Å². The highest BCUT2D eigenvalue weighted by atomic mass is 35.5. The smallest absolute Gasteiger partial charge is 0.141 e. The van der Waals surface area contributed by atoms with Crippen LogP contribution in [-0.4, -0.2) is 56.2 Å². The maximum Gasteiger partial charge on any atom is 0.141 e. The normalized spacial score (nSPS) is 14.0. The Morgan fingerprint density at radius 2 is 1.92 bits per heavy atom. The van der Waals surface area contributed by atoms with E-state index in [1.54, 1.807) is 30.5 Å². The van der Waals surface area contributed by atoms with Gasteiger partial charge in [-0.05, 0) is 54.1 Å². The molecule has 198 valence electrons. The summed E-state index contributed by atoms with van der Waals surface area (Å²) in [4.78, 5) is 11.2. The van der Waals surface area contributed by atoms with Gasteiger partial charge in [-0.15, -0.1) is 5.10 Å². The van der Waals surface area contributed by atoms with Gasteiger partial charge in [0.1, 0.15) is 30.3 Å². The van der Waals surface area contributed by atoms with Crippen LogP contribution >= 0.6 is 11.6 Å². The summed E-state index contributed by atoms with van der Waals surface area (Å²) in [5.41, 5.74) is 4.09. The molecule has 1 fully saturated rings. The summed E-state index contributed by atoms with van der Waals surface area (Å²) in [5.74, 6) is 0.820. The van der Waals surface area contributed by atoms with Crippen molar-refractivity contribution in [3.05, 3.63) is 95.3 Å².